The molecule has 1 aromatic heterocycles. The van der Waals surface area contributed by atoms with Gasteiger partial charge in [0.1, 0.15) is 0 Å². The van der Waals surface area contributed by atoms with Gasteiger partial charge in [0.2, 0.25) is 0 Å². The molecule has 0 atom stereocenters. The summed E-state index contributed by atoms with van der Waals surface area (Å²) in [7, 11) is 0. The number of fused-ring (bicyclic) bond motifs is 1. The number of thioether (sulfide) groups is 1. The summed E-state index contributed by atoms with van der Waals surface area (Å²) in [5.41, 5.74) is 0. The predicted octanol–water partition coefficient (Wildman–Crippen LogP) is 4.07. The number of rotatable bonds is 1. The fourth-order valence-corrected chi connectivity index (χ4v) is 2.84. The number of aryl methyl sites for hydroxylation is 1. The highest BCUT2D eigenvalue weighted by molar-refractivity contribution is 7.98. The lowest BCUT2D eigenvalue weighted by atomic mass is 10.2. The summed E-state index contributed by atoms with van der Waals surface area (Å²) in [5.74, 6) is -0.0666. The zero-order chi connectivity index (χ0) is 9.42. The van der Waals surface area contributed by atoms with Crippen LogP contribution in [-0.2, 0) is 0 Å². The molecule has 0 radical (unpaired) electrons. The van der Waals surface area contributed by atoms with Crippen LogP contribution < -0.4 is 0 Å². The Morgan fingerprint density at radius 3 is 2.85 bits per heavy atom. The Morgan fingerprint density at radius 2 is 2.15 bits per heavy atom. The predicted molar refractivity (Wildman–Crippen MR) is 58.3 cm³/mol. The molecule has 0 N–H and O–H groups in total. The van der Waals surface area contributed by atoms with Crippen molar-refractivity contribution in [2.24, 2.45) is 0 Å². The van der Waals surface area contributed by atoms with Gasteiger partial charge in [-0.15, -0.1) is 23.1 Å². The lowest BCUT2D eigenvalue weighted by Crippen LogP contribution is -1.78. The molecule has 68 valence electrons. The van der Waals surface area contributed by atoms with Gasteiger partial charge in [-0.2, -0.15) is 0 Å². The molecule has 1 heterocycles. The van der Waals surface area contributed by atoms with Crippen LogP contribution in [0.15, 0.2) is 23.1 Å². The SMILES string of the molecule is CSc1ccc2cc(C)sc2c1F. The van der Waals surface area contributed by atoms with E-state index in [0.29, 0.717) is 0 Å². The molecule has 0 amide bonds. The van der Waals surface area contributed by atoms with Crippen molar-refractivity contribution in [2.45, 2.75) is 11.8 Å². The third-order valence-electron chi connectivity index (χ3n) is 1.93. The van der Waals surface area contributed by atoms with Gasteiger partial charge in [-0.05, 0) is 30.7 Å². The Labute approximate surface area is 84.8 Å². The summed E-state index contributed by atoms with van der Waals surface area (Å²) in [5, 5.41) is 1.01. The standard InChI is InChI=1S/C10H9FS2/c1-6-5-7-3-4-8(12-2)9(11)10(7)13-6/h3-5H,1-2H3. The molecule has 3 heteroatoms. The van der Waals surface area contributed by atoms with Crippen LogP contribution in [0.5, 0.6) is 0 Å². The molecule has 0 aliphatic carbocycles. The van der Waals surface area contributed by atoms with Gasteiger partial charge in [0.15, 0.2) is 5.82 Å². The molecule has 2 rings (SSSR count). The average Bonchev–Trinajstić information content (AvgIpc) is 2.47. The van der Waals surface area contributed by atoms with Gasteiger partial charge < -0.3 is 0 Å². The van der Waals surface area contributed by atoms with E-state index < -0.39 is 0 Å². The Bertz CT molecular complexity index is 445. The van der Waals surface area contributed by atoms with Crippen molar-refractivity contribution in [1.29, 1.82) is 0 Å². The quantitative estimate of drug-likeness (QED) is 0.642. The molecule has 0 bridgehead atoms. The van der Waals surface area contributed by atoms with Gasteiger partial charge in [-0.25, -0.2) is 4.39 Å². The smallest absolute Gasteiger partial charge is 0.154 e. The first-order valence-electron chi connectivity index (χ1n) is 3.95. The molecule has 0 spiro atoms. The topological polar surface area (TPSA) is 0 Å². The second kappa shape index (κ2) is 3.31. The lowest BCUT2D eigenvalue weighted by Gasteiger charge is -1.98. The zero-order valence-corrected chi connectivity index (χ0v) is 9.06. The van der Waals surface area contributed by atoms with Crippen molar-refractivity contribution in [2.75, 3.05) is 6.26 Å². The Morgan fingerprint density at radius 1 is 1.38 bits per heavy atom. The van der Waals surface area contributed by atoms with Crippen molar-refractivity contribution in [1.82, 2.24) is 0 Å². The van der Waals surface area contributed by atoms with Crippen LogP contribution >= 0.6 is 23.1 Å². The molecule has 13 heavy (non-hydrogen) atoms. The maximum Gasteiger partial charge on any atom is 0.154 e. The largest absolute Gasteiger partial charge is 0.204 e. The van der Waals surface area contributed by atoms with E-state index in [1.54, 1.807) is 0 Å². The first-order chi connectivity index (χ1) is 6.22. The zero-order valence-electron chi connectivity index (χ0n) is 7.43. The molecule has 0 fully saturated rings. The highest BCUT2D eigenvalue weighted by atomic mass is 32.2. The van der Waals surface area contributed by atoms with Gasteiger partial charge >= 0.3 is 0 Å². The first-order valence-corrected chi connectivity index (χ1v) is 5.99. The summed E-state index contributed by atoms with van der Waals surface area (Å²) < 4.78 is 14.5. The first kappa shape index (κ1) is 9.03. The van der Waals surface area contributed by atoms with Crippen LogP contribution in [0.1, 0.15) is 4.88 Å². The minimum Gasteiger partial charge on any atom is -0.204 e. The van der Waals surface area contributed by atoms with Gasteiger partial charge in [-0.1, -0.05) is 6.07 Å². The summed E-state index contributed by atoms with van der Waals surface area (Å²) in [6, 6.07) is 5.84. The second-order valence-corrected chi connectivity index (χ2v) is 4.96. The summed E-state index contributed by atoms with van der Waals surface area (Å²) in [6.45, 7) is 2.00. The van der Waals surface area contributed by atoms with Crippen molar-refractivity contribution >= 4 is 33.2 Å². The monoisotopic (exact) mass is 212 g/mol. The van der Waals surface area contributed by atoms with Crippen LogP contribution in [0.2, 0.25) is 0 Å². The Balaban J connectivity index is 2.78. The minimum atomic E-state index is -0.0666. The molecule has 2 aromatic rings. The summed E-state index contributed by atoms with van der Waals surface area (Å²) >= 11 is 2.97. The third kappa shape index (κ3) is 1.46. The van der Waals surface area contributed by atoms with Crippen LogP contribution in [-0.4, -0.2) is 6.26 Å². The lowest BCUT2D eigenvalue weighted by molar-refractivity contribution is 0.617. The Hall–Kier alpha value is -0.540. The highest BCUT2D eigenvalue weighted by Gasteiger charge is 2.08. The average molecular weight is 212 g/mol. The maximum atomic E-state index is 13.7. The molecule has 0 aliphatic heterocycles. The van der Waals surface area contributed by atoms with E-state index in [-0.39, 0.29) is 5.82 Å². The van der Waals surface area contributed by atoms with Crippen LogP contribution in [0.4, 0.5) is 4.39 Å². The van der Waals surface area contributed by atoms with Gasteiger partial charge in [0.25, 0.3) is 0 Å². The summed E-state index contributed by atoms with van der Waals surface area (Å²) in [6.07, 6.45) is 1.89. The van der Waals surface area contributed by atoms with Gasteiger partial charge in [0, 0.05) is 9.77 Å². The van der Waals surface area contributed by atoms with E-state index in [1.807, 2.05) is 31.4 Å². The Kier molecular flexibility index (Phi) is 2.30. The van der Waals surface area contributed by atoms with Crippen molar-refractivity contribution < 1.29 is 4.39 Å². The van der Waals surface area contributed by atoms with E-state index in [1.165, 1.54) is 23.1 Å². The third-order valence-corrected chi connectivity index (χ3v) is 3.75. The molecule has 0 nitrogen and oxygen atoms in total. The summed E-state index contributed by atoms with van der Waals surface area (Å²) in [4.78, 5) is 1.89. The number of halogens is 1. The number of thiophene rings is 1. The van der Waals surface area contributed by atoms with Crippen molar-refractivity contribution in [3.05, 3.63) is 28.9 Å². The molecule has 0 aliphatic rings. The fraction of sp³-hybridized carbons (Fsp3) is 0.200. The molecule has 0 saturated heterocycles. The van der Waals surface area contributed by atoms with E-state index >= 15 is 0 Å². The van der Waals surface area contributed by atoms with E-state index in [2.05, 4.69) is 0 Å². The van der Waals surface area contributed by atoms with Crippen LogP contribution in [0.3, 0.4) is 0 Å². The molecule has 1 aromatic carbocycles. The van der Waals surface area contributed by atoms with Crippen LogP contribution in [0.25, 0.3) is 10.1 Å². The number of hydrogen-bond acceptors (Lipinski definition) is 2. The van der Waals surface area contributed by atoms with E-state index in [9.17, 15) is 4.39 Å². The molecule has 0 saturated carbocycles. The van der Waals surface area contributed by atoms with Gasteiger partial charge in [0.05, 0.1) is 4.70 Å². The molecular weight excluding hydrogens is 203 g/mol. The van der Waals surface area contributed by atoms with Crippen molar-refractivity contribution in [3.63, 3.8) is 0 Å². The number of benzene rings is 1. The highest BCUT2D eigenvalue weighted by Crippen LogP contribution is 2.32. The minimum absolute atomic E-state index is 0.0666. The normalized spacial score (nSPS) is 11.0. The van der Waals surface area contributed by atoms with Gasteiger partial charge in [-0.3, -0.25) is 0 Å². The fourth-order valence-electron chi connectivity index (χ4n) is 1.34. The second-order valence-electron chi connectivity index (χ2n) is 2.86. The van der Waals surface area contributed by atoms with E-state index in [4.69, 9.17) is 0 Å². The molecular formula is C10H9FS2. The van der Waals surface area contributed by atoms with Crippen LogP contribution in [0, 0.1) is 12.7 Å². The van der Waals surface area contributed by atoms with E-state index in [0.717, 1.165) is 19.9 Å². The maximum absolute atomic E-state index is 13.7. The van der Waals surface area contributed by atoms with Crippen molar-refractivity contribution in [3.8, 4) is 0 Å². The molecule has 0 unspecified atom stereocenters. The number of hydrogen-bond donors (Lipinski definition) is 0.